The second-order valence-electron chi connectivity index (χ2n) is 4.68. The highest BCUT2D eigenvalue weighted by molar-refractivity contribution is 5.92. The van der Waals surface area contributed by atoms with Gasteiger partial charge in [0.25, 0.3) is 0 Å². The van der Waals surface area contributed by atoms with E-state index in [-0.39, 0.29) is 24.5 Å². The third kappa shape index (κ3) is 4.15. The number of esters is 1. The van der Waals surface area contributed by atoms with Gasteiger partial charge in [-0.1, -0.05) is 6.07 Å². The molecule has 0 aromatic heterocycles. The molecule has 0 saturated carbocycles. The molecule has 0 aliphatic carbocycles. The summed E-state index contributed by atoms with van der Waals surface area (Å²) in [6.07, 6.45) is 0. The first-order valence-corrected chi connectivity index (χ1v) is 6.84. The minimum atomic E-state index is -0.573. The topological polar surface area (TPSA) is 65.0 Å². The predicted octanol–water partition coefficient (Wildman–Crippen LogP) is 2.95. The SMILES string of the molecule is COc1ccc(OCCOC(=O)c2ccc(C)cc2O)cc1. The Kier molecular flexibility index (Phi) is 5.25. The molecule has 5 nitrogen and oxygen atoms in total. The molecule has 0 aliphatic rings. The minimum Gasteiger partial charge on any atom is -0.507 e. The third-order valence-corrected chi connectivity index (χ3v) is 3.02. The zero-order valence-corrected chi connectivity index (χ0v) is 12.5. The molecule has 2 aromatic carbocycles. The number of methoxy groups -OCH3 is 1. The number of ether oxygens (including phenoxy) is 3. The molecule has 0 atom stereocenters. The standard InChI is InChI=1S/C17H18O5/c1-12-3-8-15(16(18)11-12)17(19)22-10-9-21-14-6-4-13(20-2)5-7-14/h3-8,11,18H,9-10H2,1-2H3. The van der Waals surface area contributed by atoms with Crippen LogP contribution in [0, 0.1) is 6.92 Å². The zero-order valence-electron chi connectivity index (χ0n) is 12.5. The van der Waals surface area contributed by atoms with E-state index in [1.807, 2.05) is 6.92 Å². The fourth-order valence-electron chi connectivity index (χ4n) is 1.86. The Morgan fingerprint density at radius 2 is 1.73 bits per heavy atom. The molecule has 22 heavy (non-hydrogen) atoms. The molecule has 2 aromatic rings. The summed E-state index contributed by atoms with van der Waals surface area (Å²) < 4.78 is 15.6. The van der Waals surface area contributed by atoms with E-state index in [9.17, 15) is 9.90 Å². The molecule has 0 aliphatic heterocycles. The van der Waals surface area contributed by atoms with Crippen LogP contribution >= 0.6 is 0 Å². The summed E-state index contributed by atoms with van der Waals surface area (Å²) in [5.74, 6) is 0.751. The average molecular weight is 302 g/mol. The van der Waals surface area contributed by atoms with E-state index < -0.39 is 5.97 Å². The van der Waals surface area contributed by atoms with Crippen molar-refractivity contribution < 1.29 is 24.1 Å². The molecule has 0 bridgehead atoms. The van der Waals surface area contributed by atoms with E-state index >= 15 is 0 Å². The normalized spacial score (nSPS) is 10.1. The van der Waals surface area contributed by atoms with Gasteiger partial charge in [0.2, 0.25) is 0 Å². The fourth-order valence-corrected chi connectivity index (χ4v) is 1.86. The zero-order chi connectivity index (χ0) is 15.9. The van der Waals surface area contributed by atoms with Crippen LogP contribution in [0.25, 0.3) is 0 Å². The number of aromatic hydroxyl groups is 1. The van der Waals surface area contributed by atoms with Gasteiger partial charge in [-0.05, 0) is 48.9 Å². The van der Waals surface area contributed by atoms with Gasteiger partial charge in [-0.3, -0.25) is 0 Å². The molecule has 1 N–H and O–H groups in total. The van der Waals surface area contributed by atoms with E-state index in [0.29, 0.717) is 5.75 Å². The number of rotatable bonds is 6. The van der Waals surface area contributed by atoms with Crippen LogP contribution < -0.4 is 9.47 Å². The molecule has 0 fully saturated rings. The highest BCUT2D eigenvalue weighted by Crippen LogP contribution is 2.19. The number of hydrogen-bond donors (Lipinski definition) is 1. The highest BCUT2D eigenvalue weighted by Gasteiger charge is 2.12. The Balaban J connectivity index is 1.79. The van der Waals surface area contributed by atoms with Gasteiger partial charge in [0, 0.05) is 0 Å². The molecule has 0 unspecified atom stereocenters. The van der Waals surface area contributed by atoms with Gasteiger partial charge in [-0.2, -0.15) is 0 Å². The van der Waals surface area contributed by atoms with Crippen LogP contribution in [0.5, 0.6) is 17.2 Å². The smallest absolute Gasteiger partial charge is 0.342 e. The van der Waals surface area contributed by atoms with Gasteiger partial charge in [-0.25, -0.2) is 4.79 Å². The van der Waals surface area contributed by atoms with Crippen molar-refractivity contribution >= 4 is 5.97 Å². The van der Waals surface area contributed by atoms with Gasteiger partial charge in [0.1, 0.15) is 36.0 Å². The fraction of sp³-hybridized carbons (Fsp3) is 0.235. The largest absolute Gasteiger partial charge is 0.507 e. The molecular weight excluding hydrogens is 284 g/mol. The Bertz CT molecular complexity index is 634. The molecule has 0 radical (unpaired) electrons. The number of aryl methyl sites for hydroxylation is 1. The first-order chi connectivity index (χ1) is 10.6. The van der Waals surface area contributed by atoms with Crippen molar-refractivity contribution in [3.63, 3.8) is 0 Å². The maximum Gasteiger partial charge on any atom is 0.342 e. The second-order valence-corrected chi connectivity index (χ2v) is 4.68. The molecule has 2 rings (SSSR count). The number of carbonyl (C=O) groups is 1. The van der Waals surface area contributed by atoms with Gasteiger partial charge in [-0.15, -0.1) is 0 Å². The number of carbonyl (C=O) groups excluding carboxylic acids is 1. The van der Waals surface area contributed by atoms with E-state index in [2.05, 4.69) is 0 Å². The van der Waals surface area contributed by atoms with Gasteiger partial charge in [0.15, 0.2) is 0 Å². The maximum absolute atomic E-state index is 11.8. The molecule has 5 heteroatoms. The van der Waals surface area contributed by atoms with Crippen LogP contribution in [-0.2, 0) is 4.74 Å². The van der Waals surface area contributed by atoms with Crippen molar-refractivity contribution in [2.75, 3.05) is 20.3 Å². The lowest BCUT2D eigenvalue weighted by atomic mass is 10.1. The van der Waals surface area contributed by atoms with Crippen molar-refractivity contribution in [1.29, 1.82) is 0 Å². The van der Waals surface area contributed by atoms with Crippen LogP contribution in [-0.4, -0.2) is 31.4 Å². The monoisotopic (exact) mass is 302 g/mol. The van der Waals surface area contributed by atoms with Crippen LogP contribution in [0.2, 0.25) is 0 Å². The molecular formula is C17H18O5. The van der Waals surface area contributed by atoms with E-state index in [0.717, 1.165) is 11.3 Å². The lowest BCUT2D eigenvalue weighted by molar-refractivity contribution is 0.0447. The van der Waals surface area contributed by atoms with Gasteiger partial charge in [0.05, 0.1) is 7.11 Å². The molecule has 0 amide bonds. The van der Waals surface area contributed by atoms with Crippen LogP contribution in [0.1, 0.15) is 15.9 Å². The molecule has 116 valence electrons. The van der Waals surface area contributed by atoms with Crippen LogP contribution in [0.3, 0.4) is 0 Å². The van der Waals surface area contributed by atoms with Crippen molar-refractivity contribution in [3.8, 4) is 17.2 Å². The Labute approximate surface area is 129 Å². The van der Waals surface area contributed by atoms with Crippen molar-refractivity contribution in [2.24, 2.45) is 0 Å². The summed E-state index contributed by atoms with van der Waals surface area (Å²) in [4.78, 5) is 11.8. The van der Waals surface area contributed by atoms with E-state index in [4.69, 9.17) is 14.2 Å². The van der Waals surface area contributed by atoms with Crippen molar-refractivity contribution in [1.82, 2.24) is 0 Å². The lowest BCUT2D eigenvalue weighted by Gasteiger charge is -2.09. The number of phenolic OH excluding ortho intramolecular Hbond substituents is 1. The number of phenols is 1. The summed E-state index contributed by atoms with van der Waals surface area (Å²) >= 11 is 0. The predicted molar refractivity (Wildman–Crippen MR) is 81.6 cm³/mol. The summed E-state index contributed by atoms with van der Waals surface area (Å²) in [5.41, 5.74) is 1.02. The third-order valence-electron chi connectivity index (χ3n) is 3.02. The van der Waals surface area contributed by atoms with Crippen LogP contribution in [0.4, 0.5) is 0 Å². The first kappa shape index (κ1) is 15.7. The molecule has 0 spiro atoms. The number of benzene rings is 2. The quantitative estimate of drug-likeness (QED) is 0.656. The summed E-state index contributed by atoms with van der Waals surface area (Å²) in [6, 6.07) is 11.9. The minimum absolute atomic E-state index is 0.0823. The lowest BCUT2D eigenvalue weighted by Crippen LogP contribution is -2.12. The highest BCUT2D eigenvalue weighted by atomic mass is 16.6. The summed E-state index contributed by atoms with van der Waals surface area (Å²) in [6.45, 7) is 2.15. The number of hydrogen-bond acceptors (Lipinski definition) is 5. The average Bonchev–Trinajstić information content (AvgIpc) is 2.52. The summed E-state index contributed by atoms with van der Waals surface area (Å²) in [7, 11) is 1.59. The maximum atomic E-state index is 11.8. The Morgan fingerprint density at radius 3 is 2.36 bits per heavy atom. The Hall–Kier alpha value is -2.69. The summed E-state index contributed by atoms with van der Waals surface area (Å²) in [5, 5.41) is 9.70. The van der Waals surface area contributed by atoms with Gasteiger partial charge < -0.3 is 19.3 Å². The molecule has 0 saturated heterocycles. The van der Waals surface area contributed by atoms with Crippen molar-refractivity contribution in [2.45, 2.75) is 6.92 Å². The Morgan fingerprint density at radius 1 is 1.05 bits per heavy atom. The van der Waals surface area contributed by atoms with Crippen LogP contribution in [0.15, 0.2) is 42.5 Å². The van der Waals surface area contributed by atoms with Gasteiger partial charge >= 0.3 is 5.97 Å². The van der Waals surface area contributed by atoms with Crippen molar-refractivity contribution in [3.05, 3.63) is 53.6 Å². The van der Waals surface area contributed by atoms with E-state index in [1.165, 1.54) is 12.1 Å². The molecule has 0 heterocycles. The van der Waals surface area contributed by atoms with E-state index in [1.54, 1.807) is 37.4 Å². The first-order valence-electron chi connectivity index (χ1n) is 6.84. The second kappa shape index (κ2) is 7.36.